The highest BCUT2D eigenvalue weighted by Crippen LogP contribution is 2.53. The maximum Gasteiger partial charge on any atom is 0.125 e. The molecule has 3 rings (SSSR count). The molecule has 1 heterocycles. The molecule has 0 amide bonds. The van der Waals surface area contributed by atoms with Gasteiger partial charge in [0.25, 0.3) is 0 Å². The summed E-state index contributed by atoms with van der Waals surface area (Å²) in [6.07, 6.45) is 14.8. The van der Waals surface area contributed by atoms with Crippen LogP contribution in [-0.4, -0.2) is 41.0 Å². The number of ether oxygens (including phenoxy) is 1. The zero-order valence-corrected chi connectivity index (χ0v) is 25.7. The molecule has 1 aliphatic carbocycles. The van der Waals surface area contributed by atoms with Gasteiger partial charge in [-0.2, -0.15) is 0 Å². The van der Waals surface area contributed by atoms with Crippen LogP contribution in [0.2, 0.25) is 0 Å². The second kappa shape index (κ2) is 23.2. The fourth-order valence-corrected chi connectivity index (χ4v) is 4.86. The van der Waals surface area contributed by atoms with E-state index in [9.17, 15) is 0 Å². The van der Waals surface area contributed by atoms with Crippen LogP contribution in [0.4, 0.5) is 0 Å². The fourth-order valence-electron chi connectivity index (χ4n) is 4.86. The number of aromatic nitrogens is 2. The molecule has 1 saturated carbocycles. The summed E-state index contributed by atoms with van der Waals surface area (Å²) in [5, 5.41) is 14.0. The third kappa shape index (κ3) is 15.8. The minimum absolute atomic E-state index is 0.528. The van der Waals surface area contributed by atoms with E-state index in [1.807, 2.05) is 33.2 Å². The van der Waals surface area contributed by atoms with E-state index in [0.29, 0.717) is 11.3 Å². The topological polar surface area (TPSA) is 75.5 Å². The molecule has 2 N–H and O–H groups in total. The molecule has 0 radical (unpaired) electrons. The second-order valence-corrected chi connectivity index (χ2v) is 9.80. The second-order valence-electron chi connectivity index (χ2n) is 9.80. The van der Waals surface area contributed by atoms with Crippen LogP contribution in [0.3, 0.4) is 0 Å². The highest BCUT2D eigenvalue weighted by Gasteiger charge is 2.41. The van der Waals surface area contributed by atoms with E-state index < -0.39 is 0 Å². The van der Waals surface area contributed by atoms with E-state index in [4.69, 9.17) is 14.9 Å². The minimum atomic E-state index is 0.528. The van der Waals surface area contributed by atoms with Gasteiger partial charge in [0.1, 0.15) is 11.6 Å². The van der Waals surface area contributed by atoms with Crippen LogP contribution in [0.1, 0.15) is 116 Å². The molecular formula is C32H58N2O3. The Bertz CT molecular complexity index is 732. The summed E-state index contributed by atoms with van der Waals surface area (Å²) >= 11 is 0. The number of nitrogens with zero attached hydrogens (tertiary/aromatic N) is 2. The van der Waals surface area contributed by atoms with E-state index in [-0.39, 0.29) is 0 Å². The van der Waals surface area contributed by atoms with Gasteiger partial charge in [0, 0.05) is 26.6 Å². The van der Waals surface area contributed by atoms with Crippen molar-refractivity contribution < 1.29 is 14.9 Å². The van der Waals surface area contributed by atoms with Crippen molar-refractivity contribution in [2.24, 2.45) is 11.3 Å². The van der Waals surface area contributed by atoms with Crippen molar-refractivity contribution >= 4 is 0 Å². The summed E-state index contributed by atoms with van der Waals surface area (Å²) in [6.45, 7) is 17.8. The molecule has 0 atom stereocenters. The Morgan fingerprint density at radius 3 is 1.81 bits per heavy atom. The lowest BCUT2D eigenvalue weighted by atomic mass is 9.57. The predicted molar refractivity (Wildman–Crippen MR) is 159 cm³/mol. The number of rotatable bonds is 10. The number of aliphatic hydroxyl groups is 2. The summed E-state index contributed by atoms with van der Waals surface area (Å²) < 4.78 is 5.83. The van der Waals surface area contributed by atoms with Crippen molar-refractivity contribution in [3.63, 3.8) is 0 Å². The van der Waals surface area contributed by atoms with Gasteiger partial charge in [-0.05, 0) is 87.3 Å². The van der Waals surface area contributed by atoms with Crippen molar-refractivity contribution in [3.8, 4) is 5.75 Å². The van der Waals surface area contributed by atoms with Crippen LogP contribution in [0.5, 0.6) is 5.75 Å². The Hall–Kier alpha value is -1.98. The molecule has 0 bridgehead atoms. The van der Waals surface area contributed by atoms with Crippen LogP contribution < -0.4 is 4.74 Å². The zero-order chi connectivity index (χ0) is 28.7. The molecule has 1 aromatic carbocycles. The average molecular weight is 519 g/mol. The highest BCUT2D eigenvalue weighted by atomic mass is 16.5. The monoisotopic (exact) mass is 518 g/mol. The fraction of sp³-hybridized carbons (Fsp3) is 0.688. The summed E-state index contributed by atoms with van der Waals surface area (Å²) in [5.74, 6) is 3.34. The van der Waals surface area contributed by atoms with Crippen LogP contribution in [0.15, 0.2) is 36.7 Å². The molecule has 5 nitrogen and oxygen atoms in total. The van der Waals surface area contributed by atoms with Crippen molar-refractivity contribution in [2.45, 2.75) is 113 Å². The smallest absolute Gasteiger partial charge is 0.125 e. The SMILES string of the molecule is CC.CCCC1(CCC)CC(CCCOc2ccc(C)cc2)C1.CO.CO.Cc1ncc(C(C)C)cn1. The number of hydrogen-bond donors (Lipinski definition) is 2. The third-order valence-electron chi connectivity index (χ3n) is 6.52. The van der Waals surface area contributed by atoms with Crippen LogP contribution in [0.25, 0.3) is 0 Å². The van der Waals surface area contributed by atoms with Crippen molar-refractivity contribution in [1.82, 2.24) is 9.97 Å². The first kappa shape index (κ1) is 37.2. The van der Waals surface area contributed by atoms with E-state index in [1.54, 1.807) is 0 Å². The van der Waals surface area contributed by atoms with Gasteiger partial charge in [-0.1, -0.05) is 72.1 Å². The Balaban J connectivity index is 0. The lowest BCUT2D eigenvalue weighted by Crippen LogP contribution is -2.37. The summed E-state index contributed by atoms with van der Waals surface area (Å²) in [6, 6.07) is 8.38. The van der Waals surface area contributed by atoms with Gasteiger partial charge >= 0.3 is 0 Å². The van der Waals surface area contributed by atoms with E-state index in [0.717, 1.165) is 38.3 Å². The number of aliphatic hydroxyl groups excluding tert-OH is 2. The van der Waals surface area contributed by atoms with Gasteiger partial charge in [0.05, 0.1) is 6.61 Å². The largest absolute Gasteiger partial charge is 0.494 e. The Kier molecular flexibility index (Phi) is 23.3. The normalized spacial score (nSPS) is 13.2. The van der Waals surface area contributed by atoms with E-state index >= 15 is 0 Å². The molecule has 0 saturated heterocycles. The van der Waals surface area contributed by atoms with Crippen LogP contribution in [0, 0.1) is 25.2 Å². The van der Waals surface area contributed by atoms with Crippen LogP contribution in [-0.2, 0) is 0 Å². The summed E-state index contributed by atoms with van der Waals surface area (Å²) in [5.41, 5.74) is 3.21. The van der Waals surface area contributed by atoms with Gasteiger partial charge in [-0.15, -0.1) is 0 Å². The molecule has 1 aliphatic rings. The molecule has 2 aromatic rings. The van der Waals surface area contributed by atoms with Gasteiger partial charge in [-0.25, -0.2) is 9.97 Å². The zero-order valence-electron chi connectivity index (χ0n) is 25.7. The van der Waals surface area contributed by atoms with Gasteiger partial charge < -0.3 is 14.9 Å². The van der Waals surface area contributed by atoms with Gasteiger partial charge in [-0.3, -0.25) is 0 Å². The average Bonchev–Trinajstić information content (AvgIpc) is 2.91. The quantitative estimate of drug-likeness (QED) is 0.309. The maximum absolute atomic E-state index is 7.00. The van der Waals surface area contributed by atoms with Crippen LogP contribution >= 0.6 is 0 Å². The molecule has 37 heavy (non-hydrogen) atoms. The summed E-state index contributed by atoms with van der Waals surface area (Å²) in [4.78, 5) is 8.18. The molecular weight excluding hydrogens is 460 g/mol. The maximum atomic E-state index is 7.00. The lowest BCUT2D eigenvalue weighted by Gasteiger charge is -2.48. The van der Waals surface area contributed by atoms with Crippen molar-refractivity contribution in [2.75, 3.05) is 20.8 Å². The Morgan fingerprint density at radius 1 is 0.892 bits per heavy atom. The minimum Gasteiger partial charge on any atom is -0.494 e. The molecule has 0 spiro atoms. The van der Waals surface area contributed by atoms with Gasteiger partial charge in [0.2, 0.25) is 0 Å². The van der Waals surface area contributed by atoms with E-state index in [2.05, 4.69) is 68.9 Å². The molecule has 214 valence electrons. The molecule has 5 heteroatoms. The first-order chi connectivity index (χ1) is 17.9. The Labute approximate surface area is 229 Å². The molecule has 1 aromatic heterocycles. The number of hydrogen-bond acceptors (Lipinski definition) is 5. The third-order valence-corrected chi connectivity index (χ3v) is 6.52. The first-order valence-electron chi connectivity index (χ1n) is 14.2. The number of benzene rings is 1. The van der Waals surface area contributed by atoms with Gasteiger partial charge in [0.15, 0.2) is 0 Å². The van der Waals surface area contributed by atoms with Crippen molar-refractivity contribution in [3.05, 3.63) is 53.6 Å². The van der Waals surface area contributed by atoms with Crippen molar-refractivity contribution in [1.29, 1.82) is 0 Å². The molecule has 1 fully saturated rings. The summed E-state index contributed by atoms with van der Waals surface area (Å²) in [7, 11) is 2.00. The first-order valence-corrected chi connectivity index (χ1v) is 14.2. The Morgan fingerprint density at radius 2 is 1.38 bits per heavy atom. The predicted octanol–water partition coefficient (Wildman–Crippen LogP) is 8.30. The van der Waals surface area contributed by atoms with E-state index in [1.165, 1.54) is 62.5 Å². The highest BCUT2D eigenvalue weighted by molar-refractivity contribution is 5.26. The molecule has 0 unspecified atom stereocenters. The molecule has 0 aliphatic heterocycles. The standard InChI is InChI=1S/C20H32O.C8H12N2.C2H6.2CH4O/c1-4-12-20(13-5-2)15-18(16-20)7-6-14-21-19-10-8-17(3)9-11-19;1-6(2)8-4-9-7(3)10-5-8;3*1-2/h8-11,18H,4-7,12-16H2,1-3H3;4-6H,1-3H3;1-2H3;2*2H,1H3. The number of aryl methyl sites for hydroxylation is 2. The lowest BCUT2D eigenvalue weighted by molar-refractivity contribution is 0.0259.